The molecule has 0 unspecified atom stereocenters. The summed E-state index contributed by atoms with van der Waals surface area (Å²) in [7, 11) is 0. The zero-order valence-electron chi connectivity index (χ0n) is 9.52. The average Bonchev–Trinajstić information content (AvgIpc) is 2.66. The minimum Gasteiger partial charge on any atom is -0.447 e. The molecule has 1 amide bonds. The third kappa shape index (κ3) is 2.24. The Labute approximate surface area is 98.6 Å². The number of aliphatic hydroxyl groups is 1. The molecule has 1 heterocycles. The van der Waals surface area contributed by atoms with Gasteiger partial charge in [-0.15, -0.1) is 0 Å². The Kier molecular flexibility index (Phi) is 3.28. The van der Waals surface area contributed by atoms with Crippen LogP contribution in [0, 0.1) is 12.7 Å². The molecule has 1 aromatic carbocycles. The summed E-state index contributed by atoms with van der Waals surface area (Å²) in [6, 6.07) is 4.65. The number of aliphatic hydroxyl groups excluding tert-OH is 1. The second-order valence-corrected chi connectivity index (χ2v) is 4.09. The lowest BCUT2D eigenvalue weighted by atomic mass is 10.1. The molecule has 0 aromatic heterocycles. The van der Waals surface area contributed by atoms with Crippen molar-refractivity contribution in [3.05, 3.63) is 35.1 Å². The Balaban J connectivity index is 2.20. The molecule has 2 rings (SSSR count). The molecule has 1 fully saturated rings. The first-order valence-electron chi connectivity index (χ1n) is 5.41. The predicted molar refractivity (Wildman–Crippen MR) is 58.9 cm³/mol. The van der Waals surface area contributed by atoms with Crippen LogP contribution in [-0.2, 0) is 11.3 Å². The molecule has 17 heavy (non-hydrogen) atoms. The number of aryl methyl sites for hydroxylation is 1. The number of carbonyl (C=O) groups is 1. The number of halogens is 1. The lowest BCUT2D eigenvalue weighted by Gasteiger charge is -2.20. The van der Waals surface area contributed by atoms with Gasteiger partial charge in [-0.1, -0.05) is 18.2 Å². The van der Waals surface area contributed by atoms with E-state index in [-0.39, 0.29) is 31.6 Å². The van der Waals surface area contributed by atoms with Gasteiger partial charge in [0.15, 0.2) is 0 Å². The number of carbonyl (C=O) groups excluding carboxylic acids is 1. The van der Waals surface area contributed by atoms with E-state index in [2.05, 4.69) is 0 Å². The van der Waals surface area contributed by atoms with Crippen molar-refractivity contribution in [3.8, 4) is 0 Å². The molecule has 1 saturated heterocycles. The van der Waals surface area contributed by atoms with Crippen molar-refractivity contribution in [2.24, 2.45) is 0 Å². The Hall–Kier alpha value is -1.62. The first-order valence-corrected chi connectivity index (χ1v) is 5.41. The van der Waals surface area contributed by atoms with Gasteiger partial charge in [0.2, 0.25) is 0 Å². The van der Waals surface area contributed by atoms with E-state index < -0.39 is 6.09 Å². The molecule has 0 saturated carbocycles. The van der Waals surface area contributed by atoms with Crippen LogP contribution >= 0.6 is 0 Å². The van der Waals surface area contributed by atoms with E-state index >= 15 is 0 Å². The van der Waals surface area contributed by atoms with Crippen LogP contribution in [0.15, 0.2) is 18.2 Å². The van der Waals surface area contributed by atoms with Gasteiger partial charge >= 0.3 is 6.09 Å². The van der Waals surface area contributed by atoms with Gasteiger partial charge in [-0.2, -0.15) is 0 Å². The molecule has 0 bridgehead atoms. The van der Waals surface area contributed by atoms with Gasteiger partial charge in [0.1, 0.15) is 12.4 Å². The minimum absolute atomic E-state index is 0.123. The van der Waals surface area contributed by atoms with Crippen molar-refractivity contribution in [2.45, 2.75) is 19.5 Å². The first-order chi connectivity index (χ1) is 8.13. The van der Waals surface area contributed by atoms with E-state index in [9.17, 15) is 9.18 Å². The highest BCUT2D eigenvalue weighted by atomic mass is 19.1. The van der Waals surface area contributed by atoms with Crippen molar-refractivity contribution in [2.75, 3.05) is 13.2 Å². The van der Waals surface area contributed by atoms with Crippen molar-refractivity contribution in [1.29, 1.82) is 0 Å². The van der Waals surface area contributed by atoms with E-state index in [4.69, 9.17) is 9.84 Å². The SMILES string of the molecule is Cc1cccc(CN2C(=O)OC[C@@H]2CO)c1F. The second kappa shape index (κ2) is 4.71. The highest BCUT2D eigenvalue weighted by Crippen LogP contribution is 2.19. The first kappa shape index (κ1) is 11.9. The molecule has 4 nitrogen and oxygen atoms in total. The quantitative estimate of drug-likeness (QED) is 0.868. The summed E-state index contributed by atoms with van der Waals surface area (Å²) in [5.74, 6) is -0.316. The Morgan fingerprint density at radius 2 is 2.35 bits per heavy atom. The maximum Gasteiger partial charge on any atom is 0.410 e. The van der Waals surface area contributed by atoms with Crippen molar-refractivity contribution in [1.82, 2.24) is 4.90 Å². The normalized spacial score (nSPS) is 19.6. The molecule has 0 aliphatic carbocycles. The van der Waals surface area contributed by atoms with E-state index in [1.54, 1.807) is 25.1 Å². The lowest BCUT2D eigenvalue weighted by molar-refractivity contribution is 0.150. The molecule has 1 N–H and O–H groups in total. The van der Waals surface area contributed by atoms with Crippen molar-refractivity contribution >= 4 is 6.09 Å². The molecule has 5 heteroatoms. The standard InChI is InChI=1S/C12H14FNO3/c1-8-3-2-4-9(11(8)13)5-14-10(6-15)7-17-12(14)16/h2-4,10,15H,5-7H2,1H3/t10-/m0/s1. The Bertz CT molecular complexity index is 436. The van der Waals surface area contributed by atoms with Gasteiger partial charge in [-0.25, -0.2) is 9.18 Å². The number of ether oxygens (including phenoxy) is 1. The van der Waals surface area contributed by atoms with Crippen LogP contribution in [0.4, 0.5) is 9.18 Å². The Morgan fingerprint density at radius 3 is 3.06 bits per heavy atom. The van der Waals surface area contributed by atoms with Crippen LogP contribution in [0.2, 0.25) is 0 Å². The molecule has 1 aliphatic heterocycles. The summed E-state index contributed by atoms with van der Waals surface area (Å²) in [5, 5.41) is 9.09. The number of amides is 1. The molecule has 92 valence electrons. The van der Waals surface area contributed by atoms with Crippen LogP contribution < -0.4 is 0 Å². The zero-order chi connectivity index (χ0) is 12.4. The van der Waals surface area contributed by atoms with E-state index in [1.165, 1.54) is 4.90 Å². The predicted octanol–water partition coefficient (Wildman–Crippen LogP) is 1.45. The van der Waals surface area contributed by atoms with Crippen LogP contribution in [0.25, 0.3) is 0 Å². The summed E-state index contributed by atoms with van der Waals surface area (Å²) < 4.78 is 18.6. The molecule has 1 atom stereocenters. The third-order valence-corrected chi connectivity index (χ3v) is 2.90. The van der Waals surface area contributed by atoms with Gasteiger partial charge in [-0.3, -0.25) is 4.90 Å². The van der Waals surface area contributed by atoms with Gasteiger partial charge in [0.05, 0.1) is 19.2 Å². The monoisotopic (exact) mass is 239 g/mol. The summed E-state index contributed by atoms with van der Waals surface area (Å²) in [6.45, 7) is 1.77. The molecule has 1 aliphatic rings. The van der Waals surface area contributed by atoms with Crippen LogP contribution in [0.1, 0.15) is 11.1 Å². The Morgan fingerprint density at radius 1 is 1.59 bits per heavy atom. The number of hydrogen-bond donors (Lipinski definition) is 1. The van der Waals surface area contributed by atoms with Crippen LogP contribution in [0.3, 0.4) is 0 Å². The maximum absolute atomic E-state index is 13.8. The fraction of sp³-hybridized carbons (Fsp3) is 0.417. The summed E-state index contributed by atoms with van der Waals surface area (Å²) in [6.07, 6.45) is -0.509. The number of cyclic esters (lactones) is 1. The summed E-state index contributed by atoms with van der Waals surface area (Å²) >= 11 is 0. The lowest BCUT2D eigenvalue weighted by Crippen LogP contribution is -2.35. The van der Waals surface area contributed by atoms with Gasteiger partial charge in [0.25, 0.3) is 0 Å². The van der Waals surface area contributed by atoms with Gasteiger partial charge < -0.3 is 9.84 Å². The molecule has 0 radical (unpaired) electrons. The fourth-order valence-electron chi connectivity index (χ4n) is 1.85. The minimum atomic E-state index is -0.509. The van der Waals surface area contributed by atoms with Gasteiger partial charge in [0, 0.05) is 5.56 Å². The van der Waals surface area contributed by atoms with E-state index in [0.29, 0.717) is 11.1 Å². The average molecular weight is 239 g/mol. The summed E-state index contributed by atoms with van der Waals surface area (Å²) in [5.41, 5.74) is 0.970. The van der Waals surface area contributed by atoms with E-state index in [0.717, 1.165) is 0 Å². The second-order valence-electron chi connectivity index (χ2n) is 4.09. The van der Waals surface area contributed by atoms with Crippen LogP contribution in [0.5, 0.6) is 0 Å². The number of rotatable bonds is 3. The summed E-state index contributed by atoms with van der Waals surface area (Å²) in [4.78, 5) is 12.8. The highest BCUT2D eigenvalue weighted by Gasteiger charge is 2.32. The van der Waals surface area contributed by atoms with E-state index in [1.807, 2.05) is 0 Å². The topological polar surface area (TPSA) is 49.8 Å². The number of benzene rings is 1. The van der Waals surface area contributed by atoms with Crippen molar-refractivity contribution in [3.63, 3.8) is 0 Å². The third-order valence-electron chi connectivity index (χ3n) is 2.90. The molecule has 1 aromatic rings. The molecule has 0 spiro atoms. The highest BCUT2D eigenvalue weighted by molar-refractivity contribution is 5.70. The van der Waals surface area contributed by atoms with Crippen molar-refractivity contribution < 1.29 is 19.0 Å². The van der Waals surface area contributed by atoms with Gasteiger partial charge in [-0.05, 0) is 12.5 Å². The zero-order valence-corrected chi connectivity index (χ0v) is 9.52. The van der Waals surface area contributed by atoms with Crippen LogP contribution in [-0.4, -0.2) is 35.4 Å². The molecular weight excluding hydrogens is 225 g/mol. The molecular formula is C12H14FNO3. The largest absolute Gasteiger partial charge is 0.447 e. The number of nitrogens with zero attached hydrogens (tertiary/aromatic N) is 1. The number of hydrogen-bond acceptors (Lipinski definition) is 3. The maximum atomic E-state index is 13.8. The smallest absolute Gasteiger partial charge is 0.410 e. The fourth-order valence-corrected chi connectivity index (χ4v) is 1.85.